The van der Waals surface area contributed by atoms with E-state index in [0.29, 0.717) is 6.42 Å². The van der Waals surface area contributed by atoms with Gasteiger partial charge in [0.05, 0.1) is 6.10 Å². The zero-order chi connectivity index (χ0) is 13.1. The van der Waals surface area contributed by atoms with Crippen molar-refractivity contribution in [1.82, 2.24) is 0 Å². The highest BCUT2D eigenvalue weighted by Crippen LogP contribution is 2.27. The monoisotopic (exact) mass is 416 g/mol. The summed E-state index contributed by atoms with van der Waals surface area (Å²) in [7, 11) is 0. The number of hydrogen-bond donors (Lipinski definition) is 1. The molecule has 0 radical (unpaired) electrons. The smallest absolute Gasteiger partial charge is 0.0841 e. The van der Waals surface area contributed by atoms with E-state index in [9.17, 15) is 5.11 Å². The maximum atomic E-state index is 10.3. The molecule has 1 nitrogen and oxygen atoms in total. The first-order valence-electron chi connectivity index (χ1n) is 5.75. The highest BCUT2D eigenvalue weighted by molar-refractivity contribution is 14.1. The summed E-state index contributed by atoms with van der Waals surface area (Å²) < 4.78 is 2.17. The number of rotatable bonds is 3. The Hall–Kier alpha value is -0.390. The van der Waals surface area contributed by atoms with Gasteiger partial charge < -0.3 is 5.11 Å². The summed E-state index contributed by atoms with van der Waals surface area (Å²) >= 11 is 5.78. The van der Waals surface area contributed by atoms with Crippen molar-refractivity contribution in [2.24, 2.45) is 0 Å². The maximum Gasteiger partial charge on any atom is 0.0841 e. The SMILES string of the molecule is Cc1ccc(Br)c(C(O)Cc2ccc(I)cc2)c1. The van der Waals surface area contributed by atoms with Gasteiger partial charge >= 0.3 is 0 Å². The van der Waals surface area contributed by atoms with Gasteiger partial charge in [-0.2, -0.15) is 0 Å². The van der Waals surface area contributed by atoms with Crippen molar-refractivity contribution in [3.05, 3.63) is 67.2 Å². The van der Waals surface area contributed by atoms with Crippen molar-refractivity contribution in [2.75, 3.05) is 0 Å². The lowest BCUT2D eigenvalue weighted by atomic mass is 10.0. The Morgan fingerprint density at radius 1 is 1.17 bits per heavy atom. The number of hydrogen-bond acceptors (Lipinski definition) is 1. The zero-order valence-corrected chi connectivity index (χ0v) is 13.8. The molecule has 0 saturated heterocycles. The molecule has 2 aromatic rings. The van der Waals surface area contributed by atoms with Crippen LogP contribution in [0.2, 0.25) is 0 Å². The topological polar surface area (TPSA) is 20.2 Å². The van der Waals surface area contributed by atoms with E-state index in [4.69, 9.17) is 0 Å². The standard InChI is InChI=1S/C15H14BrIO/c1-10-2-7-14(16)13(8-10)15(18)9-11-3-5-12(17)6-4-11/h2-8,15,18H,9H2,1H3. The third-order valence-corrected chi connectivity index (χ3v) is 4.29. The van der Waals surface area contributed by atoms with E-state index in [0.717, 1.165) is 21.2 Å². The van der Waals surface area contributed by atoms with Crippen LogP contribution in [0.5, 0.6) is 0 Å². The number of aryl methyl sites for hydroxylation is 1. The van der Waals surface area contributed by atoms with Crippen molar-refractivity contribution < 1.29 is 5.11 Å². The Kier molecular flexibility index (Phi) is 4.81. The lowest BCUT2D eigenvalue weighted by molar-refractivity contribution is 0.177. The molecule has 1 N–H and O–H groups in total. The second kappa shape index (κ2) is 6.17. The van der Waals surface area contributed by atoms with E-state index in [1.54, 1.807) is 0 Å². The fourth-order valence-electron chi connectivity index (χ4n) is 1.87. The Balaban J connectivity index is 2.18. The van der Waals surface area contributed by atoms with Gasteiger partial charge in [-0.1, -0.05) is 45.8 Å². The van der Waals surface area contributed by atoms with Gasteiger partial charge in [0, 0.05) is 14.5 Å². The second-order valence-electron chi connectivity index (χ2n) is 4.37. The van der Waals surface area contributed by atoms with Crippen molar-refractivity contribution in [1.29, 1.82) is 0 Å². The summed E-state index contributed by atoms with van der Waals surface area (Å²) in [6.45, 7) is 2.04. The Morgan fingerprint density at radius 3 is 2.50 bits per heavy atom. The summed E-state index contributed by atoms with van der Waals surface area (Å²) in [5, 5.41) is 10.3. The summed E-state index contributed by atoms with van der Waals surface area (Å²) in [4.78, 5) is 0. The Bertz CT molecular complexity index is 537. The summed E-state index contributed by atoms with van der Waals surface area (Å²) in [6, 6.07) is 14.3. The largest absolute Gasteiger partial charge is 0.388 e. The van der Waals surface area contributed by atoms with Gasteiger partial charge in [-0.3, -0.25) is 0 Å². The molecule has 2 rings (SSSR count). The summed E-state index contributed by atoms with van der Waals surface area (Å²) in [6.07, 6.45) is 0.165. The molecule has 0 aromatic heterocycles. The lowest BCUT2D eigenvalue weighted by Gasteiger charge is -2.14. The summed E-state index contributed by atoms with van der Waals surface area (Å²) in [5.74, 6) is 0. The van der Waals surface area contributed by atoms with Crippen molar-refractivity contribution in [3.8, 4) is 0 Å². The average molecular weight is 417 g/mol. The van der Waals surface area contributed by atoms with Gasteiger partial charge in [0.25, 0.3) is 0 Å². The molecule has 0 heterocycles. The van der Waals surface area contributed by atoms with Crippen molar-refractivity contribution >= 4 is 38.5 Å². The Labute approximate surface area is 130 Å². The number of benzene rings is 2. The van der Waals surface area contributed by atoms with Crippen LogP contribution >= 0.6 is 38.5 Å². The molecule has 0 aliphatic heterocycles. The van der Waals surface area contributed by atoms with Crippen LogP contribution in [0.4, 0.5) is 0 Å². The lowest BCUT2D eigenvalue weighted by Crippen LogP contribution is -2.03. The minimum atomic E-state index is -0.473. The fraction of sp³-hybridized carbons (Fsp3) is 0.200. The predicted molar refractivity (Wildman–Crippen MR) is 86.7 cm³/mol. The molecular weight excluding hydrogens is 403 g/mol. The molecule has 1 unspecified atom stereocenters. The van der Waals surface area contributed by atoms with E-state index >= 15 is 0 Å². The zero-order valence-electron chi connectivity index (χ0n) is 10.0. The van der Waals surface area contributed by atoms with E-state index in [-0.39, 0.29) is 0 Å². The van der Waals surface area contributed by atoms with Crippen LogP contribution in [0, 0.1) is 10.5 Å². The highest BCUT2D eigenvalue weighted by Gasteiger charge is 2.12. The van der Waals surface area contributed by atoms with E-state index < -0.39 is 6.10 Å². The van der Waals surface area contributed by atoms with Crippen LogP contribution in [-0.2, 0) is 6.42 Å². The third kappa shape index (κ3) is 3.56. The van der Waals surface area contributed by atoms with Crippen LogP contribution in [0.1, 0.15) is 22.8 Å². The number of aliphatic hydroxyl groups is 1. The molecule has 0 aliphatic carbocycles. The first-order chi connectivity index (χ1) is 8.56. The van der Waals surface area contributed by atoms with Crippen molar-refractivity contribution in [2.45, 2.75) is 19.4 Å². The van der Waals surface area contributed by atoms with Gasteiger partial charge in [-0.15, -0.1) is 0 Å². The molecule has 0 saturated carbocycles. The second-order valence-corrected chi connectivity index (χ2v) is 6.47. The van der Waals surface area contributed by atoms with Gasteiger partial charge in [0.2, 0.25) is 0 Å². The van der Waals surface area contributed by atoms with E-state index in [1.165, 1.54) is 3.57 Å². The molecule has 1 atom stereocenters. The number of halogens is 2. The predicted octanol–water partition coefficient (Wildman–Crippen LogP) is 4.64. The first-order valence-corrected chi connectivity index (χ1v) is 7.62. The first kappa shape index (κ1) is 14.0. The van der Waals surface area contributed by atoms with Gasteiger partial charge in [0.15, 0.2) is 0 Å². The van der Waals surface area contributed by atoms with E-state index in [1.807, 2.05) is 25.1 Å². The molecule has 2 aromatic carbocycles. The molecule has 0 bridgehead atoms. The van der Waals surface area contributed by atoms with Crippen LogP contribution < -0.4 is 0 Å². The van der Waals surface area contributed by atoms with Crippen LogP contribution in [0.3, 0.4) is 0 Å². The summed E-state index contributed by atoms with van der Waals surface area (Å²) in [5.41, 5.74) is 3.26. The Morgan fingerprint density at radius 2 is 1.83 bits per heavy atom. The molecule has 0 amide bonds. The molecule has 0 fully saturated rings. The molecule has 0 spiro atoms. The third-order valence-electron chi connectivity index (χ3n) is 2.85. The highest BCUT2D eigenvalue weighted by atomic mass is 127. The van der Waals surface area contributed by atoms with Gasteiger partial charge in [-0.25, -0.2) is 0 Å². The minimum Gasteiger partial charge on any atom is -0.388 e. The van der Waals surface area contributed by atoms with Crippen LogP contribution in [0.25, 0.3) is 0 Å². The van der Waals surface area contributed by atoms with Gasteiger partial charge in [0.1, 0.15) is 0 Å². The molecule has 18 heavy (non-hydrogen) atoms. The van der Waals surface area contributed by atoms with Crippen LogP contribution in [-0.4, -0.2) is 5.11 Å². The van der Waals surface area contributed by atoms with Crippen LogP contribution in [0.15, 0.2) is 46.9 Å². The maximum absolute atomic E-state index is 10.3. The van der Waals surface area contributed by atoms with Crippen molar-refractivity contribution in [3.63, 3.8) is 0 Å². The molecular formula is C15H14BrIO. The minimum absolute atomic E-state index is 0.473. The average Bonchev–Trinajstić information content (AvgIpc) is 2.35. The molecule has 0 aliphatic rings. The quantitative estimate of drug-likeness (QED) is 0.722. The van der Waals surface area contributed by atoms with E-state index in [2.05, 4.69) is 62.8 Å². The van der Waals surface area contributed by atoms with Gasteiger partial charge in [-0.05, 0) is 58.8 Å². The molecule has 94 valence electrons. The fourth-order valence-corrected chi connectivity index (χ4v) is 2.74. The number of aliphatic hydroxyl groups excluding tert-OH is 1. The molecule has 3 heteroatoms. The normalized spacial score (nSPS) is 12.4.